The van der Waals surface area contributed by atoms with Crippen molar-refractivity contribution >= 4 is 28.4 Å². The van der Waals surface area contributed by atoms with Crippen molar-refractivity contribution in [3.05, 3.63) is 77.1 Å². The minimum Gasteiger partial charge on any atom is -0.382 e. The van der Waals surface area contributed by atoms with Crippen LogP contribution in [0.3, 0.4) is 0 Å². The minimum absolute atomic E-state index is 0.189. The Hall–Kier alpha value is -4.29. The molecule has 6 heteroatoms. The number of aryl methyl sites for hydroxylation is 1. The first-order valence-corrected chi connectivity index (χ1v) is 8.67. The number of nitriles is 2. The number of hydrogen-bond donors (Lipinski definition) is 2. The highest BCUT2D eigenvalue weighted by Crippen LogP contribution is 2.30. The molecule has 0 unspecified atom stereocenters. The number of H-pyrrole nitrogens is 1. The van der Waals surface area contributed by atoms with Crippen LogP contribution in [0, 0.1) is 29.6 Å². The first-order chi connectivity index (χ1) is 13.6. The van der Waals surface area contributed by atoms with Crippen molar-refractivity contribution in [1.29, 1.82) is 10.5 Å². The lowest BCUT2D eigenvalue weighted by molar-refractivity contribution is 0.885. The molecule has 0 aliphatic carbocycles. The molecule has 2 heterocycles. The smallest absolute Gasteiger partial charge is 0.145 e. The predicted octanol–water partition coefficient (Wildman–Crippen LogP) is 4.18. The van der Waals surface area contributed by atoms with Crippen LogP contribution in [0.15, 0.2) is 54.6 Å². The highest BCUT2D eigenvalue weighted by molar-refractivity contribution is 5.99. The van der Waals surface area contributed by atoms with E-state index in [1.54, 1.807) is 6.08 Å². The lowest BCUT2D eigenvalue weighted by Crippen LogP contribution is -2.02. The van der Waals surface area contributed by atoms with Gasteiger partial charge in [0.25, 0.3) is 0 Å². The van der Waals surface area contributed by atoms with E-state index >= 15 is 0 Å². The molecule has 2 aromatic carbocycles. The molecule has 0 bridgehead atoms. The molecule has 4 aromatic rings. The zero-order valence-corrected chi connectivity index (χ0v) is 15.1. The van der Waals surface area contributed by atoms with E-state index in [0.29, 0.717) is 0 Å². The first kappa shape index (κ1) is 17.1. The number of aromatic amines is 1. The fourth-order valence-corrected chi connectivity index (χ4v) is 3.28. The SMILES string of the molecule is Cc1[nH]c2ccccc2c1C=C(C#N)c1nn(-c2ccccc2)c(N)c1C#N. The molecule has 4 rings (SSSR count). The summed E-state index contributed by atoms with van der Waals surface area (Å²) in [7, 11) is 0. The highest BCUT2D eigenvalue weighted by atomic mass is 15.3. The second-order valence-corrected chi connectivity index (χ2v) is 6.35. The van der Waals surface area contributed by atoms with Crippen molar-refractivity contribution in [2.24, 2.45) is 0 Å². The Morgan fingerprint density at radius 3 is 2.54 bits per heavy atom. The Kier molecular flexibility index (Phi) is 4.16. The first-order valence-electron chi connectivity index (χ1n) is 8.67. The Morgan fingerprint density at radius 2 is 1.82 bits per heavy atom. The Morgan fingerprint density at radius 1 is 1.11 bits per heavy atom. The van der Waals surface area contributed by atoms with Crippen LogP contribution in [0.4, 0.5) is 5.82 Å². The van der Waals surface area contributed by atoms with Gasteiger partial charge < -0.3 is 10.7 Å². The summed E-state index contributed by atoms with van der Waals surface area (Å²) in [4.78, 5) is 3.31. The molecule has 134 valence electrons. The number of aromatic nitrogens is 3. The van der Waals surface area contributed by atoms with E-state index in [9.17, 15) is 10.5 Å². The standard InChI is InChI=1S/C22H16N6/c1-14-18(17-9-5-6-10-20(17)26-14)11-15(12-23)21-19(13-24)22(25)28(27-21)16-7-3-2-4-8-16/h2-11,26H,25H2,1H3. The molecule has 0 aliphatic rings. The topological polar surface area (TPSA) is 107 Å². The van der Waals surface area contributed by atoms with Gasteiger partial charge in [0.1, 0.15) is 29.2 Å². The van der Waals surface area contributed by atoms with Crippen LogP contribution in [0.2, 0.25) is 0 Å². The number of nitrogens with zero attached hydrogens (tertiary/aromatic N) is 4. The van der Waals surface area contributed by atoms with Gasteiger partial charge in [0.15, 0.2) is 0 Å². The normalized spacial score (nSPS) is 11.3. The number of fused-ring (bicyclic) bond motifs is 1. The van der Waals surface area contributed by atoms with E-state index in [4.69, 9.17) is 5.73 Å². The summed E-state index contributed by atoms with van der Waals surface area (Å²) < 4.78 is 1.49. The van der Waals surface area contributed by atoms with Gasteiger partial charge in [-0.3, -0.25) is 0 Å². The Bertz CT molecular complexity index is 1290. The summed E-state index contributed by atoms with van der Waals surface area (Å²) in [6.45, 7) is 1.95. The van der Waals surface area contributed by atoms with E-state index in [0.717, 1.165) is 27.8 Å². The maximum absolute atomic E-state index is 9.80. The number of para-hydroxylation sites is 2. The summed E-state index contributed by atoms with van der Waals surface area (Å²) in [5.74, 6) is 0.209. The van der Waals surface area contributed by atoms with Crippen LogP contribution in [0.25, 0.3) is 28.2 Å². The zero-order chi connectivity index (χ0) is 19.7. The quantitative estimate of drug-likeness (QED) is 0.532. The molecule has 2 aromatic heterocycles. The largest absolute Gasteiger partial charge is 0.382 e. The van der Waals surface area contributed by atoms with Crippen molar-refractivity contribution in [3.8, 4) is 17.8 Å². The van der Waals surface area contributed by atoms with Crippen LogP contribution in [0.1, 0.15) is 22.5 Å². The van der Waals surface area contributed by atoms with Crippen molar-refractivity contribution in [2.45, 2.75) is 6.92 Å². The number of allylic oxidation sites excluding steroid dienone is 1. The summed E-state index contributed by atoms with van der Waals surface area (Å²) in [5.41, 5.74) is 10.5. The van der Waals surface area contributed by atoms with Crippen molar-refractivity contribution in [2.75, 3.05) is 5.73 Å². The van der Waals surface area contributed by atoms with E-state index in [2.05, 4.69) is 22.2 Å². The zero-order valence-electron chi connectivity index (χ0n) is 15.1. The van der Waals surface area contributed by atoms with E-state index in [-0.39, 0.29) is 22.6 Å². The lowest BCUT2D eigenvalue weighted by Gasteiger charge is -2.02. The molecular weight excluding hydrogens is 348 g/mol. The molecule has 3 N–H and O–H groups in total. The number of rotatable bonds is 3. The molecule has 0 aliphatic heterocycles. The number of nitrogens with two attached hydrogens (primary N) is 1. The summed E-state index contributed by atoms with van der Waals surface area (Å²) in [6.07, 6.45) is 1.76. The molecule has 0 amide bonds. The van der Waals surface area contributed by atoms with Gasteiger partial charge in [-0.2, -0.15) is 15.6 Å². The van der Waals surface area contributed by atoms with E-state index < -0.39 is 0 Å². The van der Waals surface area contributed by atoms with Crippen molar-refractivity contribution < 1.29 is 0 Å². The third kappa shape index (κ3) is 2.70. The average molecular weight is 364 g/mol. The van der Waals surface area contributed by atoms with Gasteiger partial charge in [0, 0.05) is 22.2 Å². The number of nitrogens with one attached hydrogen (secondary N) is 1. The monoisotopic (exact) mass is 364 g/mol. The van der Waals surface area contributed by atoms with Gasteiger partial charge in [0.05, 0.1) is 11.3 Å². The molecule has 0 saturated carbocycles. The van der Waals surface area contributed by atoms with Gasteiger partial charge in [-0.25, -0.2) is 4.68 Å². The van der Waals surface area contributed by atoms with Gasteiger partial charge in [-0.15, -0.1) is 0 Å². The van der Waals surface area contributed by atoms with Gasteiger partial charge in [-0.1, -0.05) is 36.4 Å². The third-order valence-corrected chi connectivity index (χ3v) is 4.64. The second kappa shape index (κ2) is 6.79. The summed E-state index contributed by atoms with van der Waals surface area (Å²) >= 11 is 0. The van der Waals surface area contributed by atoms with Crippen LogP contribution < -0.4 is 5.73 Å². The number of hydrogen-bond acceptors (Lipinski definition) is 4. The Balaban J connectivity index is 1.92. The summed E-state index contributed by atoms with van der Waals surface area (Å²) in [6, 6.07) is 21.4. The molecule has 0 radical (unpaired) electrons. The number of benzene rings is 2. The van der Waals surface area contributed by atoms with Gasteiger partial charge >= 0.3 is 0 Å². The number of anilines is 1. The fourth-order valence-electron chi connectivity index (χ4n) is 3.28. The van der Waals surface area contributed by atoms with Crippen LogP contribution in [-0.2, 0) is 0 Å². The van der Waals surface area contributed by atoms with E-state index in [1.807, 2.05) is 61.5 Å². The molecule has 0 spiro atoms. The van der Waals surface area contributed by atoms with Gasteiger partial charge in [-0.05, 0) is 31.2 Å². The minimum atomic E-state index is 0.189. The maximum Gasteiger partial charge on any atom is 0.145 e. The molecule has 0 fully saturated rings. The van der Waals surface area contributed by atoms with Crippen molar-refractivity contribution in [3.63, 3.8) is 0 Å². The Labute approximate surface area is 161 Å². The van der Waals surface area contributed by atoms with Gasteiger partial charge in [0.2, 0.25) is 0 Å². The lowest BCUT2D eigenvalue weighted by atomic mass is 10.0. The molecule has 6 nitrogen and oxygen atoms in total. The van der Waals surface area contributed by atoms with Crippen LogP contribution in [0.5, 0.6) is 0 Å². The van der Waals surface area contributed by atoms with Crippen molar-refractivity contribution in [1.82, 2.24) is 14.8 Å². The van der Waals surface area contributed by atoms with Crippen LogP contribution in [-0.4, -0.2) is 14.8 Å². The summed E-state index contributed by atoms with van der Waals surface area (Å²) in [5, 5.41) is 24.9. The predicted molar refractivity (Wildman–Crippen MR) is 109 cm³/mol. The second-order valence-electron chi connectivity index (χ2n) is 6.35. The molecule has 0 saturated heterocycles. The van der Waals surface area contributed by atoms with E-state index in [1.165, 1.54) is 4.68 Å². The van der Waals surface area contributed by atoms with Crippen LogP contribution >= 0.6 is 0 Å². The average Bonchev–Trinajstić information content (AvgIpc) is 3.22. The molecule has 28 heavy (non-hydrogen) atoms. The third-order valence-electron chi connectivity index (χ3n) is 4.64. The maximum atomic E-state index is 9.80. The number of nitrogen functional groups attached to an aromatic ring is 1. The highest BCUT2D eigenvalue weighted by Gasteiger charge is 2.20. The molecule has 0 atom stereocenters. The molecular formula is C22H16N6. The fraction of sp³-hybridized carbons (Fsp3) is 0.0455.